The van der Waals surface area contributed by atoms with Gasteiger partial charge in [0.2, 0.25) is 0 Å². The summed E-state index contributed by atoms with van der Waals surface area (Å²) in [6.07, 6.45) is 3.02. The minimum absolute atomic E-state index is 0.170. The lowest BCUT2D eigenvalue weighted by atomic mass is 9.77. The van der Waals surface area contributed by atoms with Crippen LogP contribution >= 0.6 is 0 Å². The SMILES string of the molecule is CC(C)(O)C1CCC(N=C2C=CC3=NCC(c4cccc(C(F)(F)F)c4)N3N2)CC1. The molecule has 0 bridgehead atoms. The number of rotatable bonds is 3. The number of fused-ring (bicyclic) bond motifs is 1. The van der Waals surface area contributed by atoms with E-state index in [1.165, 1.54) is 12.1 Å². The average Bonchev–Trinajstić information content (AvgIpc) is 3.10. The maximum Gasteiger partial charge on any atom is 0.416 e. The molecule has 1 aliphatic carbocycles. The van der Waals surface area contributed by atoms with E-state index in [4.69, 9.17) is 4.99 Å². The number of hydrazine groups is 1. The molecule has 5 nitrogen and oxygen atoms in total. The van der Waals surface area contributed by atoms with Crippen LogP contribution in [0.25, 0.3) is 0 Å². The van der Waals surface area contributed by atoms with E-state index in [-0.39, 0.29) is 18.0 Å². The summed E-state index contributed by atoms with van der Waals surface area (Å²) in [4.78, 5) is 9.27. The second-order valence-electron chi connectivity index (χ2n) is 8.83. The van der Waals surface area contributed by atoms with Crippen molar-refractivity contribution in [3.05, 3.63) is 47.5 Å². The van der Waals surface area contributed by atoms with E-state index in [2.05, 4.69) is 10.4 Å². The predicted octanol–water partition coefficient (Wildman–Crippen LogP) is 4.26. The third-order valence-electron chi connectivity index (χ3n) is 6.23. The Morgan fingerprint density at radius 3 is 2.53 bits per heavy atom. The lowest BCUT2D eigenvalue weighted by Crippen LogP contribution is -2.48. The topological polar surface area (TPSA) is 60.2 Å². The molecule has 4 rings (SSSR count). The highest BCUT2D eigenvalue weighted by Gasteiger charge is 2.35. The Morgan fingerprint density at radius 1 is 1.13 bits per heavy atom. The summed E-state index contributed by atoms with van der Waals surface area (Å²) in [5.74, 6) is 1.67. The van der Waals surface area contributed by atoms with Gasteiger partial charge in [-0.15, -0.1) is 0 Å². The minimum Gasteiger partial charge on any atom is -0.390 e. The molecule has 0 spiro atoms. The third-order valence-corrected chi connectivity index (χ3v) is 6.23. The number of aliphatic imine (C=N–C) groups is 2. The Hall–Kier alpha value is -2.35. The lowest BCUT2D eigenvalue weighted by Gasteiger charge is -2.35. The maximum atomic E-state index is 13.1. The smallest absolute Gasteiger partial charge is 0.390 e. The van der Waals surface area contributed by atoms with Gasteiger partial charge in [-0.2, -0.15) is 13.2 Å². The molecule has 2 heterocycles. The molecule has 0 radical (unpaired) electrons. The third kappa shape index (κ3) is 4.38. The normalized spacial score (nSPS) is 28.3. The first-order valence-electron chi connectivity index (χ1n) is 10.4. The minimum atomic E-state index is -4.37. The van der Waals surface area contributed by atoms with Crippen LogP contribution in [0, 0.1) is 5.92 Å². The zero-order valence-electron chi connectivity index (χ0n) is 17.2. The molecule has 1 fully saturated rings. The van der Waals surface area contributed by atoms with Crippen LogP contribution in [0.15, 0.2) is 46.4 Å². The van der Waals surface area contributed by atoms with E-state index in [1.54, 1.807) is 11.1 Å². The monoisotopic (exact) mass is 420 g/mol. The van der Waals surface area contributed by atoms with Crippen LogP contribution in [0.2, 0.25) is 0 Å². The highest BCUT2D eigenvalue weighted by Crippen LogP contribution is 2.35. The molecule has 0 aromatic heterocycles. The van der Waals surface area contributed by atoms with Gasteiger partial charge in [-0.3, -0.25) is 20.4 Å². The van der Waals surface area contributed by atoms with Crippen molar-refractivity contribution in [1.29, 1.82) is 0 Å². The van der Waals surface area contributed by atoms with Gasteiger partial charge in [0.1, 0.15) is 11.7 Å². The summed E-state index contributed by atoms with van der Waals surface area (Å²) in [5, 5.41) is 12.0. The fourth-order valence-corrected chi connectivity index (χ4v) is 4.44. The second-order valence-corrected chi connectivity index (χ2v) is 8.83. The molecule has 0 saturated heterocycles. The van der Waals surface area contributed by atoms with Crippen LogP contribution in [0.1, 0.15) is 56.7 Å². The van der Waals surface area contributed by atoms with Crippen molar-refractivity contribution in [1.82, 2.24) is 10.4 Å². The molecule has 3 aliphatic rings. The molecular weight excluding hydrogens is 393 g/mol. The van der Waals surface area contributed by atoms with E-state index < -0.39 is 17.3 Å². The van der Waals surface area contributed by atoms with Crippen molar-refractivity contribution in [2.45, 2.75) is 63.4 Å². The van der Waals surface area contributed by atoms with Gasteiger partial charge in [0.15, 0.2) is 0 Å². The fraction of sp³-hybridized carbons (Fsp3) is 0.545. The van der Waals surface area contributed by atoms with Crippen LogP contribution in [0.4, 0.5) is 13.2 Å². The molecule has 1 aromatic rings. The second kappa shape index (κ2) is 7.72. The van der Waals surface area contributed by atoms with E-state index in [1.807, 2.05) is 26.0 Å². The molecule has 0 amide bonds. The standard InChI is InChI=1S/C22H27F3N4O/c1-21(2,30)15-6-8-17(9-7-15)27-19-10-11-20-26-13-18(29(20)28-19)14-4-3-5-16(12-14)22(23,24)25/h3-5,10-12,15,17-18,30H,6-9,13H2,1-2H3,(H,27,28). The van der Waals surface area contributed by atoms with Crippen LogP contribution in [-0.2, 0) is 6.18 Å². The number of nitrogens with one attached hydrogen (secondary N) is 1. The number of hydrogen-bond acceptors (Lipinski definition) is 4. The number of halogens is 3. The zero-order chi connectivity index (χ0) is 21.5. The molecule has 1 atom stereocenters. The van der Waals surface area contributed by atoms with Crippen LogP contribution in [-0.4, -0.2) is 40.0 Å². The molecule has 1 aromatic carbocycles. The largest absolute Gasteiger partial charge is 0.416 e. The molecule has 1 saturated carbocycles. The Labute approximate surface area is 174 Å². The average molecular weight is 420 g/mol. The summed E-state index contributed by atoms with van der Waals surface area (Å²) < 4.78 is 39.3. The molecule has 162 valence electrons. The van der Waals surface area contributed by atoms with E-state index >= 15 is 0 Å². The van der Waals surface area contributed by atoms with Gasteiger partial charge in [-0.1, -0.05) is 12.1 Å². The number of alkyl halides is 3. The Morgan fingerprint density at radius 2 is 1.87 bits per heavy atom. The molecule has 1 unspecified atom stereocenters. The van der Waals surface area contributed by atoms with Crippen LogP contribution in [0.3, 0.4) is 0 Å². The van der Waals surface area contributed by atoms with Crippen molar-refractivity contribution < 1.29 is 18.3 Å². The number of benzene rings is 1. The van der Waals surface area contributed by atoms with Gasteiger partial charge in [0.25, 0.3) is 0 Å². The van der Waals surface area contributed by atoms with Crippen LogP contribution < -0.4 is 5.43 Å². The van der Waals surface area contributed by atoms with Crippen molar-refractivity contribution in [3.8, 4) is 0 Å². The number of hydrogen-bond donors (Lipinski definition) is 2. The summed E-state index contributed by atoms with van der Waals surface area (Å²) >= 11 is 0. The Balaban J connectivity index is 1.46. The number of amidine groups is 2. The summed E-state index contributed by atoms with van der Waals surface area (Å²) in [5.41, 5.74) is 2.49. The summed E-state index contributed by atoms with van der Waals surface area (Å²) in [6, 6.07) is 5.27. The lowest BCUT2D eigenvalue weighted by molar-refractivity contribution is -0.137. The van der Waals surface area contributed by atoms with Gasteiger partial charge in [-0.05, 0) is 75.3 Å². The van der Waals surface area contributed by atoms with Crippen molar-refractivity contribution in [3.63, 3.8) is 0 Å². The zero-order valence-corrected chi connectivity index (χ0v) is 17.2. The van der Waals surface area contributed by atoms with Gasteiger partial charge in [-0.25, -0.2) is 0 Å². The first-order chi connectivity index (χ1) is 14.1. The number of aliphatic hydroxyl groups is 1. The molecular formula is C22H27F3N4O. The maximum absolute atomic E-state index is 13.1. The van der Waals surface area contributed by atoms with E-state index in [0.717, 1.165) is 31.7 Å². The van der Waals surface area contributed by atoms with Crippen LogP contribution in [0.5, 0.6) is 0 Å². The molecule has 2 N–H and O–H groups in total. The van der Waals surface area contributed by atoms with Gasteiger partial charge in [0.05, 0.1) is 29.8 Å². The van der Waals surface area contributed by atoms with Gasteiger partial charge < -0.3 is 5.11 Å². The Bertz CT molecular complexity index is 877. The number of nitrogens with zero attached hydrogens (tertiary/aromatic N) is 3. The van der Waals surface area contributed by atoms with E-state index in [0.29, 0.717) is 23.8 Å². The predicted molar refractivity (Wildman–Crippen MR) is 110 cm³/mol. The quantitative estimate of drug-likeness (QED) is 0.768. The van der Waals surface area contributed by atoms with Crippen molar-refractivity contribution in [2.75, 3.05) is 6.54 Å². The van der Waals surface area contributed by atoms with Gasteiger partial charge >= 0.3 is 6.18 Å². The van der Waals surface area contributed by atoms with E-state index in [9.17, 15) is 18.3 Å². The first kappa shape index (κ1) is 20.9. The van der Waals surface area contributed by atoms with Crippen molar-refractivity contribution >= 4 is 11.7 Å². The fourth-order valence-electron chi connectivity index (χ4n) is 4.44. The summed E-state index contributed by atoms with van der Waals surface area (Å²) in [6.45, 7) is 4.10. The Kier molecular flexibility index (Phi) is 5.38. The van der Waals surface area contributed by atoms with Crippen molar-refractivity contribution in [2.24, 2.45) is 15.9 Å². The molecule has 8 heteroatoms. The molecule has 2 aliphatic heterocycles. The molecule has 30 heavy (non-hydrogen) atoms. The first-order valence-corrected chi connectivity index (χ1v) is 10.4. The summed E-state index contributed by atoms with van der Waals surface area (Å²) in [7, 11) is 0. The highest BCUT2D eigenvalue weighted by molar-refractivity contribution is 6.07. The van der Waals surface area contributed by atoms with Gasteiger partial charge in [0, 0.05) is 0 Å². The highest BCUT2D eigenvalue weighted by atomic mass is 19.4.